The molecule has 1 aliphatic heterocycles. The van der Waals surface area contributed by atoms with Crippen LogP contribution in [0.3, 0.4) is 0 Å². The van der Waals surface area contributed by atoms with Crippen molar-refractivity contribution in [2.75, 3.05) is 11.9 Å². The number of hydrogen-bond donors (Lipinski definition) is 1. The van der Waals surface area contributed by atoms with Gasteiger partial charge in [0, 0.05) is 42.8 Å². The Bertz CT molecular complexity index is 1560. The van der Waals surface area contributed by atoms with Crippen molar-refractivity contribution < 1.29 is 27.5 Å². The molecular weight excluding hydrogens is 501 g/mol. The molecule has 194 valence electrons. The standard InChI is InChI=1S/C26H21F3N6O3/c27-26(28,29)38-21-4-2-1-3-16(21)13-34-10-9-20-18(25(34)37)11-17(12-30-20)19-7-8-23-31-22(14-35(23)33-19)32-24(36)15-5-6-15/h1-4,7-8,11-12,14-15H,5-6,9-10,13H2,(H,32,36). The van der Waals surface area contributed by atoms with Crippen LogP contribution in [0.2, 0.25) is 0 Å². The number of fused-ring (bicyclic) bond motifs is 2. The molecule has 38 heavy (non-hydrogen) atoms. The summed E-state index contributed by atoms with van der Waals surface area (Å²) < 4.78 is 44.2. The zero-order valence-corrected chi connectivity index (χ0v) is 19.9. The van der Waals surface area contributed by atoms with Gasteiger partial charge in [-0.15, -0.1) is 13.2 Å². The lowest BCUT2D eigenvalue weighted by Crippen LogP contribution is -2.37. The molecule has 3 aromatic heterocycles. The summed E-state index contributed by atoms with van der Waals surface area (Å²) in [6, 6.07) is 11.0. The van der Waals surface area contributed by atoms with E-state index >= 15 is 0 Å². The molecule has 0 bridgehead atoms. The van der Waals surface area contributed by atoms with Gasteiger partial charge in [-0.2, -0.15) is 5.10 Å². The van der Waals surface area contributed by atoms with Crippen molar-refractivity contribution in [2.45, 2.75) is 32.2 Å². The first-order valence-corrected chi connectivity index (χ1v) is 12.0. The minimum Gasteiger partial charge on any atom is -0.405 e. The molecule has 4 heterocycles. The number of pyridine rings is 1. The van der Waals surface area contributed by atoms with Crippen LogP contribution in [0.25, 0.3) is 16.9 Å². The number of alkyl halides is 3. The molecule has 1 aliphatic carbocycles. The smallest absolute Gasteiger partial charge is 0.405 e. The molecule has 2 amide bonds. The number of hydrogen-bond acceptors (Lipinski definition) is 6. The Hall–Kier alpha value is -4.48. The molecule has 9 nitrogen and oxygen atoms in total. The zero-order valence-electron chi connectivity index (χ0n) is 19.9. The molecular formula is C26H21F3N6O3. The van der Waals surface area contributed by atoms with E-state index < -0.39 is 6.36 Å². The maximum absolute atomic E-state index is 13.3. The minimum absolute atomic E-state index is 0.0383. The fourth-order valence-corrected chi connectivity index (χ4v) is 4.42. The van der Waals surface area contributed by atoms with Gasteiger partial charge in [0.15, 0.2) is 11.5 Å². The number of benzene rings is 1. The Morgan fingerprint density at radius 2 is 1.97 bits per heavy atom. The van der Waals surface area contributed by atoms with Crippen LogP contribution in [0.15, 0.2) is 54.9 Å². The van der Waals surface area contributed by atoms with Gasteiger partial charge in [0.1, 0.15) is 5.75 Å². The SMILES string of the molecule is O=C(Nc1cn2nc(-c3cnc4c(c3)C(=O)N(Cc3ccccc3OC(F)(F)F)CC4)ccc2n1)C1CC1. The number of nitrogens with zero attached hydrogens (tertiary/aromatic N) is 5. The van der Waals surface area contributed by atoms with E-state index in [0.717, 1.165) is 12.8 Å². The number of nitrogens with one attached hydrogen (secondary N) is 1. The van der Waals surface area contributed by atoms with Gasteiger partial charge in [-0.1, -0.05) is 18.2 Å². The summed E-state index contributed by atoms with van der Waals surface area (Å²) in [7, 11) is 0. The fraction of sp³-hybridized carbons (Fsp3) is 0.269. The average Bonchev–Trinajstić information content (AvgIpc) is 3.66. The van der Waals surface area contributed by atoms with Crippen molar-refractivity contribution in [2.24, 2.45) is 5.92 Å². The van der Waals surface area contributed by atoms with E-state index in [0.29, 0.717) is 46.9 Å². The fourth-order valence-electron chi connectivity index (χ4n) is 4.42. The van der Waals surface area contributed by atoms with E-state index in [9.17, 15) is 22.8 Å². The van der Waals surface area contributed by atoms with Gasteiger partial charge in [0.05, 0.1) is 23.1 Å². The van der Waals surface area contributed by atoms with E-state index in [1.807, 2.05) is 0 Å². The lowest BCUT2D eigenvalue weighted by atomic mass is 10.0. The van der Waals surface area contributed by atoms with Crippen LogP contribution >= 0.6 is 0 Å². The summed E-state index contributed by atoms with van der Waals surface area (Å²) in [6.45, 7) is 0.274. The first-order valence-electron chi connectivity index (χ1n) is 12.0. The molecule has 1 fully saturated rings. The highest BCUT2D eigenvalue weighted by Gasteiger charge is 2.33. The maximum Gasteiger partial charge on any atom is 0.573 e. The Balaban J connectivity index is 1.24. The number of carbonyl (C=O) groups excluding carboxylic acids is 2. The lowest BCUT2D eigenvalue weighted by molar-refractivity contribution is -0.275. The molecule has 0 spiro atoms. The first-order chi connectivity index (χ1) is 18.2. The van der Waals surface area contributed by atoms with Crippen LogP contribution < -0.4 is 10.1 Å². The number of aromatic nitrogens is 4. The summed E-state index contributed by atoms with van der Waals surface area (Å²) in [5, 5.41) is 7.35. The van der Waals surface area contributed by atoms with E-state index in [1.54, 1.807) is 41.2 Å². The van der Waals surface area contributed by atoms with Crippen LogP contribution in [0.1, 0.15) is 34.5 Å². The Morgan fingerprint density at radius 1 is 1.16 bits per heavy atom. The summed E-state index contributed by atoms with van der Waals surface area (Å²) >= 11 is 0. The van der Waals surface area contributed by atoms with Crippen molar-refractivity contribution >= 4 is 23.3 Å². The van der Waals surface area contributed by atoms with Crippen molar-refractivity contribution in [3.05, 3.63) is 71.7 Å². The van der Waals surface area contributed by atoms with E-state index in [4.69, 9.17) is 0 Å². The van der Waals surface area contributed by atoms with Gasteiger partial charge < -0.3 is 15.0 Å². The van der Waals surface area contributed by atoms with E-state index in [-0.39, 0.29) is 35.6 Å². The van der Waals surface area contributed by atoms with Crippen LogP contribution in [0.5, 0.6) is 5.75 Å². The largest absolute Gasteiger partial charge is 0.573 e. The summed E-state index contributed by atoms with van der Waals surface area (Å²) in [5.41, 5.74) is 2.92. The molecule has 2 aliphatic rings. The van der Waals surface area contributed by atoms with Gasteiger partial charge in [0.2, 0.25) is 5.91 Å². The number of ether oxygens (including phenoxy) is 1. The number of anilines is 1. The zero-order chi connectivity index (χ0) is 26.4. The molecule has 1 aromatic carbocycles. The monoisotopic (exact) mass is 522 g/mol. The highest BCUT2D eigenvalue weighted by molar-refractivity contribution is 5.97. The first kappa shape index (κ1) is 23.9. The van der Waals surface area contributed by atoms with Crippen molar-refractivity contribution in [3.8, 4) is 17.0 Å². The molecule has 1 N–H and O–H groups in total. The molecule has 0 saturated heterocycles. The molecule has 4 aromatic rings. The molecule has 0 atom stereocenters. The Morgan fingerprint density at radius 3 is 2.76 bits per heavy atom. The number of carbonyl (C=O) groups is 2. The number of halogens is 3. The van der Waals surface area contributed by atoms with Crippen LogP contribution in [0.4, 0.5) is 19.0 Å². The van der Waals surface area contributed by atoms with Crippen LogP contribution in [-0.4, -0.2) is 49.2 Å². The number of amides is 2. The third-order valence-electron chi connectivity index (χ3n) is 6.48. The molecule has 12 heteroatoms. The summed E-state index contributed by atoms with van der Waals surface area (Å²) in [6.07, 6.45) is 0.656. The number of imidazole rings is 1. The Kier molecular flexibility index (Phi) is 5.73. The van der Waals surface area contributed by atoms with Crippen molar-refractivity contribution in [1.82, 2.24) is 24.5 Å². The topological polar surface area (TPSA) is 102 Å². The molecule has 1 saturated carbocycles. The highest BCUT2D eigenvalue weighted by Crippen LogP contribution is 2.31. The lowest BCUT2D eigenvalue weighted by Gasteiger charge is -2.29. The number of para-hydroxylation sites is 1. The second kappa shape index (κ2) is 9.12. The van der Waals surface area contributed by atoms with Crippen molar-refractivity contribution in [1.29, 1.82) is 0 Å². The molecule has 0 unspecified atom stereocenters. The quantitative estimate of drug-likeness (QED) is 0.407. The third-order valence-corrected chi connectivity index (χ3v) is 6.48. The predicted molar refractivity (Wildman–Crippen MR) is 129 cm³/mol. The highest BCUT2D eigenvalue weighted by atomic mass is 19.4. The van der Waals surface area contributed by atoms with Gasteiger partial charge in [-0.3, -0.25) is 14.6 Å². The van der Waals surface area contributed by atoms with Gasteiger partial charge >= 0.3 is 6.36 Å². The van der Waals surface area contributed by atoms with Gasteiger partial charge in [-0.25, -0.2) is 9.50 Å². The second-order valence-electron chi connectivity index (χ2n) is 9.26. The van der Waals surface area contributed by atoms with E-state index in [1.165, 1.54) is 23.1 Å². The predicted octanol–water partition coefficient (Wildman–Crippen LogP) is 4.24. The van der Waals surface area contributed by atoms with Gasteiger partial charge in [-0.05, 0) is 37.1 Å². The third kappa shape index (κ3) is 4.89. The maximum atomic E-state index is 13.3. The van der Waals surface area contributed by atoms with Gasteiger partial charge in [0.25, 0.3) is 5.91 Å². The average molecular weight is 522 g/mol. The summed E-state index contributed by atoms with van der Waals surface area (Å²) in [5.74, 6) is -0.265. The second-order valence-corrected chi connectivity index (χ2v) is 9.26. The normalized spacial score (nSPS) is 15.4. The molecule has 6 rings (SSSR count). The molecule has 0 radical (unpaired) electrons. The minimum atomic E-state index is -4.83. The van der Waals surface area contributed by atoms with Crippen molar-refractivity contribution in [3.63, 3.8) is 0 Å². The van der Waals surface area contributed by atoms with E-state index in [2.05, 4.69) is 25.1 Å². The summed E-state index contributed by atoms with van der Waals surface area (Å²) in [4.78, 5) is 35.7. The van der Waals surface area contributed by atoms with Crippen LogP contribution in [0, 0.1) is 5.92 Å². The van der Waals surface area contributed by atoms with Crippen LogP contribution in [-0.2, 0) is 17.8 Å². The Labute approximate surface area is 214 Å². The number of rotatable bonds is 6.